The van der Waals surface area contributed by atoms with Gasteiger partial charge in [0.25, 0.3) is 5.91 Å². The fourth-order valence-corrected chi connectivity index (χ4v) is 3.75. The number of amides is 1. The lowest BCUT2D eigenvalue weighted by Crippen LogP contribution is -2.45. The summed E-state index contributed by atoms with van der Waals surface area (Å²) in [6.07, 6.45) is 7.50. The summed E-state index contributed by atoms with van der Waals surface area (Å²) < 4.78 is 15.4. The highest BCUT2D eigenvalue weighted by molar-refractivity contribution is 6.33. The Labute approximate surface area is 173 Å². The first-order valence-corrected chi connectivity index (χ1v) is 9.94. The fraction of sp³-hybridized carbons (Fsp3) is 0.318. The van der Waals surface area contributed by atoms with Gasteiger partial charge < -0.3 is 9.88 Å². The molecule has 150 valence electrons. The van der Waals surface area contributed by atoms with Gasteiger partial charge in [0.15, 0.2) is 0 Å². The van der Waals surface area contributed by atoms with Gasteiger partial charge in [0.2, 0.25) is 0 Å². The third-order valence-corrected chi connectivity index (χ3v) is 5.60. The summed E-state index contributed by atoms with van der Waals surface area (Å²) in [5.41, 5.74) is 2.01. The first kappa shape index (κ1) is 19.6. The highest BCUT2D eigenvalue weighted by Crippen LogP contribution is 2.39. The number of nitrogens with zero attached hydrogens (tertiary/aromatic N) is 3. The number of nitrogens with one attached hydrogen (secondary N) is 1. The number of imidazole rings is 1. The van der Waals surface area contributed by atoms with Gasteiger partial charge in [-0.2, -0.15) is 0 Å². The van der Waals surface area contributed by atoms with Crippen molar-refractivity contribution in [1.29, 1.82) is 0 Å². The second-order valence-electron chi connectivity index (χ2n) is 8.06. The molecule has 0 spiro atoms. The molecule has 7 heteroatoms. The zero-order valence-corrected chi connectivity index (χ0v) is 17.1. The van der Waals surface area contributed by atoms with Gasteiger partial charge >= 0.3 is 0 Å². The zero-order valence-electron chi connectivity index (χ0n) is 16.3. The molecule has 0 bridgehead atoms. The molecule has 1 aliphatic rings. The molecule has 2 heterocycles. The van der Waals surface area contributed by atoms with Crippen molar-refractivity contribution >= 4 is 17.5 Å². The Bertz CT molecular complexity index is 1040. The number of rotatable bonds is 6. The van der Waals surface area contributed by atoms with E-state index in [1.54, 1.807) is 24.7 Å². The van der Waals surface area contributed by atoms with Gasteiger partial charge in [0.1, 0.15) is 11.5 Å². The molecule has 0 unspecified atom stereocenters. The monoisotopic (exact) mass is 412 g/mol. The Hall–Kier alpha value is -2.73. The van der Waals surface area contributed by atoms with Crippen LogP contribution in [0.25, 0.3) is 11.3 Å². The molecule has 0 atom stereocenters. The van der Waals surface area contributed by atoms with Crippen LogP contribution in [0.4, 0.5) is 4.39 Å². The van der Waals surface area contributed by atoms with Gasteiger partial charge in [-0.1, -0.05) is 11.6 Å². The highest BCUT2D eigenvalue weighted by atomic mass is 35.5. The minimum absolute atomic E-state index is 0.228. The molecule has 1 fully saturated rings. The Balaban J connectivity index is 1.72. The maximum absolute atomic E-state index is 13.5. The summed E-state index contributed by atoms with van der Waals surface area (Å²) in [5, 5.41) is 3.36. The summed E-state index contributed by atoms with van der Waals surface area (Å²) in [7, 11) is 0. The summed E-state index contributed by atoms with van der Waals surface area (Å²) >= 11 is 6.25. The highest BCUT2D eigenvalue weighted by Gasteiger charge is 2.39. The molecule has 0 saturated heterocycles. The molecule has 5 nitrogen and oxygen atoms in total. The number of pyridine rings is 1. The van der Waals surface area contributed by atoms with Crippen LogP contribution in [-0.2, 0) is 6.54 Å². The molecule has 1 aliphatic carbocycles. The van der Waals surface area contributed by atoms with Crippen molar-refractivity contribution in [2.75, 3.05) is 0 Å². The Morgan fingerprint density at radius 1 is 1.31 bits per heavy atom. The van der Waals surface area contributed by atoms with Crippen LogP contribution in [0.2, 0.25) is 5.02 Å². The Kier molecular flexibility index (Phi) is 5.13. The van der Waals surface area contributed by atoms with Crippen LogP contribution in [0.5, 0.6) is 0 Å². The number of carbonyl (C=O) groups is 1. The number of hydrogen-bond acceptors (Lipinski definition) is 3. The molecular formula is C22H22ClFN4O. The molecule has 1 amide bonds. The van der Waals surface area contributed by atoms with Crippen molar-refractivity contribution in [3.8, 4) is 11.3 Å². The zero-order chi connectivity index (χ0) is 20.6. The van der Waals surface area contributed by atoms with Crippen LogP contribution in [0.15, 0.2) is 49.1 Å². The van der Waals surface area contributed by atoms with E-state index in [-0.39, 0.29) is 16.5 Å². The first-order chi connectivity index (χ1) is 13.8. The number of carbonyl (C=O) groups excluding carboxylic acids is 1. The predicted molar refractivity (Wildman–Crippen MR) is 110 cm³/mol. The normalized spacial score (nSPS) is 14.1. The topological polar surface area (TPSA) is 59.8 Å². The molecule has 4 rings (SSSR count). The van der Waals surface area contributed by atoms with E-state index in [0.29, 0.717) is 29.4 Å². The fourth-order valence-electron chi connectivity index (χ4n) is 3.48. The SMILES string of the molecule is CC(C)(NC(=O)c1cc(Cn2ccnc2)cc(-c2ccc(F)cc2Cl)n1)C1CC1. The summed E-state index contributed by atoms with van der Waals surface area (Å²) in [6.45, 7) is 4.60. The molecule has 1 aromatic carbocycles. The predicted octanol–water partition coefficient (Wildman–Crippen LogP) is 4.70. The second-order valence-corrected chi connectivity index (χ2v) is 8.46. The van der Waals surface area contributed by atoms with Crippen molar-refractivity contribution < 1.29 is 9.18 Å². The average molecular weight is 413 g/mol. The van der Waals surface area contributed by atoms with Crippen molar-refractivity contribution in [3.05, 3.63) is 71.2 Å². The van der Waals surface area contributed by atoms with Crippen LogP contribution in [-0.4, -0.2) is 26.0 Å². The smallest absolute Gasteiger partial charge is 0.270 e. The minimum atomic E-state index is -0.419. The van der Waals surface area contributed by atoms with Crippen LogP contribution in [0.3, 0.4) is 0 Å². The van der Waals surface area contributed by atoms with E-state index in [1.807, 2.05) is 30.7 Å². The molecule has 0 aliphatic heterocycles. The lowest BCUT2D eigenvalue weighted by molar-refractivity contribution is 0.0898. The van der Waals surface area contributed by atoms with Crippen LogP contribution >= 0.6 is 11.6 Å². The van der Waals surface area contributed by atoms with Gasteiger partial charge in [0, 0.05) is 30.0 Å². The molecular weight excluding hydrogens is 391 g/mol. The molecule has 2 aromatic heterocycles. The molecule has 29 heavy (non-hydrogen) atoms. The molecule has 1 N–H and O–H groups in total. The summed E-state index contributed by atoms with van der Waals surface area (Å²) in [5.74, 6) is -0.155. The van der Waals surface area contributed by atoms with Crippen molar-refractivity contribution in [2.45, 2.75) is 38.8 Å². The van der Waals surface area contributed by atoms with E-state index < -0.39 is 5.82 Å². The number of aromatic nitrogens is 3. The van der Waals surface area contributed by atoms with Gasteiger partial charge in [-0.3, -0.25) is 4.79 Å². The maximum Gasteiger partial charge on any atom is 0.270 e. The van der Waals surface area contributed by atoms with Gasteiger partial charge in [0.05, 0.1) is 17.0 Å². The van der Waals surface area contributed by atoms with Gasteiger partial charge in [-0.15, -0.1) is 0 Å². The molecule has 3 aromatic rings. The first-order valence-electron chi connectivity index (χ1n) is 9.56. The maximum atomic E-state index is 13.5. The summed E-state index contributed by atoms with van der Waals surface area (Å²) in [6, 6.07) is 7.80. The second kappa shape index (κ2) is 7.59. The molecule has 0 radical (unpaired) electrons. The Morgan fingerprint density at radius 2 is 2.10 bits per heavy atom. The Morgan fingerprint density at radius 3 is 2.76 bits per heavy atom. The van der Waals surface area contributed by atoms with Gasteiger partial charge in [-0.25, -0.2) is 14.4 Å². The third-order valence-electron chi connectivity index (χ3n) is 5.28. The van der Waals surface area contributed by atoms with E-state index in [1.165, 1.54) is 12.1 Å². The van der Waals surface area contributed by atoms with E-state index in [4.69, 9.17) is 11.6 Å². The minimum Gasteiger partial charge on any atom is -0.346 e. The van der Waals surface area contributed by atoms with E-state index in [9.17, 15) is 9.18 Å². The van der Waals surface area contributed by atoms with Crippen molar-refractivity contribution in [1.82, 2.24) is 19.9 Å². The van der Waals surface area contributed by atoms with Crippen LogP contribution in [0.1, 0.15) is 42.7 Å². The summed E-state index contributed by atoms with van der Waals surface area (Å²) in [4.78, 5) is 21.6. The third kappa shape index (κ3) is 4.48. The van der Waals surface area contributed by atoms with E-state index >= 15 is 0 Å². The van der Waals surface area contributed by atoms with Crippen LogP contribution in [0, 0.1) is 11.7 Å². The molecule has 1 saturated carbocycles. The lowest BCUT2D eigenvalue weighted by atomic mass is 9.98. The standard InChI is InChI=1S/C22H22ClFN4O/c1-22(2,15-3-4-15)27-21(29)20-10-14(12-28-8-7-25-13-28)9-19(26-20)17-6-5-16(24)11-18(17)23/h5-11,13,15H,3-4,12H2,1-2H3,(H,27,29). The number of halogens is 2. The van der Waals surface area contributed by atoms with Crippen molar-refractivity contribution in [3.63, 3.8) is 0 Å². The number of hydrogen-bond donors (Lipinski definition) is 1. The van der Waals surface area contributed by atoms with Crippen molar-refractivity contribution in [2.24, 2.45) is 5.92 Å². The average Bonchev–Trinajstić information content (AvgIpc) is 3.41. The quantitative estimate of drug-likeness (QED) is 0.638. The van der Waals surface area contributed by atoms with Gasteiger partial charge in [-0.05, 0) is 68.5 Å². The lowest BCUT2D eigenvalue weighted by Gasteiger charge is -2.26. The largest absolute Gasteiger partial charge is 0.346 e. The van der Waals surface area contributed by atoms with E-state index in [2.05, 4.69) is 15.3 Å². The number of benzene rings is 1. The van der Waals surface area contributed by atoms with Crippen LogP contribution < -0.4 is 5.32 Å². The van der Waals surface area contributed by atoms with E-state index in [0.717, 1.165) is 18.4 Å².